The molecular weight excluding hydrogens is 491 g/mol. The van der Waals surface area contributed by atoms with Crippen molar-refractivity contribution in [3.63, 3.8) is 0 Å². The molecule has 2 fully saturated rings. The summed E-state index contributed by atoms with van der Waals surface area (Å²) in [6.45, 7) is 5.95. The molecule has 0 unspecified atom stereocenters. The molecule has 4 atom stereocenters. The summed E-state index contributed by atoms with van der Waals surface area (Å²) in [6.07, 6.45) is 3.37. The lowest BCUT2D eigenvalue weighted by Crippen LogP contribution is -2.52. The van der Waals surface area contributed by atoms with Gasteiger partial charge in [-0.25, -0.2) is 4.39 Å². The van der Waals surface area contributed by atoms with Crippen LogP contribution in [0, 0.1) is 23.1 Å². The van der Waals surface area contributed by atoms with Crippen LogP contribution in [0.15, 0.2) is 42.5 Å². The van der Waals surface area contributed by atoms with E-state index in [9.17, 15) is 24.1 Å². The largest absolute Gasteiger partial charge is 0.598 e. The molecule has 0 bridgehead atoms. The molecule has 198 valence electrons. The van der Waals surface area contributed by atoms with Crippen LogP contribution in [0.5, 0.6) is 0 Å². The maximum Gasteiger partial charge on any atom is 0.241 e. The molecule has 7 nitrogen and oxygen atoms in total. The standard InChI is InChI=1S/C28H35FN4O3S/c1-27(2,3)37(36)33-28(12-11-18-7-8-18,20-6-4-5-19(13-20)16-30)21-9-10-23(29)24(14-21)32-26(35)25-15-22(34)17-31-25/h4-6,9-10,13-14,18,22,25,31,33-34H,7-8,11-12,15,17H2,1-3H3,(H,32,35)/t22-,25-,28-,37-/m1/s1. The highest BCUT2D eigenvalue weighted by Crippen LogP contribution is 2.43. The number of rotatable bonds is 9. The molecule has 1 aliphatic carbocycles. The summed E-state index contributed by atoms with van der Waals surface area (Å²) in [5, 5.41) is 25.0. The molecule has 1 aliphatic heterocycles. The maximum absolute atomic E-state index is 15.0. The summed E-state index contributed by atoms with van der Waals surface area (Å²) in [4.78, 5) is 12.8. The number of hydrogen-bond donors (Lipinski definition) is 4. The molecular formula is C28H35FN4O3S. The van der Waals surface area contributed by atoms with E-state index in [0.29, 0.717) is 30.0 Å². The Bertz CT molecular complexity index is 1180. The fraction of sp³-hybridized carbons (Fsp3) is 0.500. The normalized spacial score (nSPS) is 22.2. The Morgan fingerprint density at radius 1 is 1.24 bits per heavy atom. The summed E-state index contributed by atoms with van der Waals surface area (Å²) in [6, 6.07) is 13.3. The molecule has 2 aromatic rings. The number of nitrogens with zero attached hydrogens (tertiary/aromatic N) is 1. The number of halogens is 1. The minimum atomic E-state index is -1.49. The number of anilines is 1. The van der Waals surface area contributed by atoms with Crippen molar-refractivity contribution in [2.45, 2.75) is 75.3 Å². The molecule has 9 heteroatoms. The lowest BCUT2D eigenvalue weighted by atomic mass is 9.79. The van der Waals surface area contributed by atoms with E-state index >= 15 is 0 Å². The van der Waals surface area contributed by atoms with Gasteiger partial charge in [0.25, 0.3) is 0 Å². The molecule has 2 aliphatic rings. The lowest BCUT2D eigenvalue weighted by molar-refractivity contribution is -0.118. The predicted molar refractivity (Wildman–Crippen MR) is 142 cm³/mol. The minimum Gasteiger partial charge on any atom is -0.598 e. The van der Waals surface area contributed by atoms with Crippen LogP contribution in [0.1, 0.15) is 69.6 Å². The molecule has 1 saturated heterocycles. The number of benzene rings is 2. The number of amides is 1. The third-order valence-electron chi connectivity index (χ3n) is 7.07. The molecule has 0 spiro atoms. The summed E-state index contributed by atoms with van der Waals surface area (Å²) < 4.78 is 31.3. The highest BCUT2D eigenvalue weighted by Gasteiger charge is 2.43. The Balaban J connectivity index is 1.79. The van der Waals surface area contributed by atoms with Gasteiger partial charge in [-0.15, -0.1) is 4.72 Å². The van der Waals surface area contributed by atoms with Crippen LogP contribution in [0.2, 0.25) is 0 Å². The average Bonchev–Trinajstić information content (AvgIpc) is 3.60. The summed E-state index contributed by atoms with van der Waals surface area (Å²) in [7, 11) is 0. The van der Waals surface area contributed by atoms with Crippen LogP contribution < -0.4 is 15.4 Å². The van der Waals surface area contributed by atoms with Crippen LogP contribution in [-0.4, -0.2) is 39.0 Å². The Kier molecular flexibility index (Phi) is 8.26. The predicted octanol–water partition coefficient (Wildman–Crippen LogP) is 3.84. The summed E-state index contributed by atoms with van der Waals surface area (Å²) in [5.41, 5.74) is 0.911. The van der Waals surface area contributed by atoms with E-state index in [-0.39, 0.29) is 12.1 Å². The van der Waals surface area contributed by atoms with Crippen LogP contribution >= 0.6 is 0 Å². The van der Waals surface area contributed by atoms with Crippen molar-refractivity contribution in [1.29, 1.82) is 5.26 Å². The Labute approximate surface area is 221 Å². The van der Waals surface area contributed by atoms with Gasteiger partial charge < -0.3 is 20.3 Å². The number of β-amino-alcohol motifs (C(OH)–C–C–N with tert-alkyl or cyclic N) is 1. The van der Waals surface area contributed by atoms with Crippen molar-refractivity contribution in [2.24, 2.45) is 5.92 Å². The number of carbonyl (C=O) groups is 1. The number of aliphatic hydroxyl groups excluding tert-OH is 1. The quantitative estimate of drug-likeness (QED) is 0.369. The molecule has 4 N–H and O–H groups in total. The van der Waals surface area contributed by atoms with Gasteiger partial charge in [0.2, 0.25) is 5.91 Å². The fourth-order valence-electron chi connectivity index (χ4n) is 4.64. The third kappa shape index (κ3) is 6.51. The Morgan fingerprint density at radius 2 is 1.97 bits per heavy atom. The van der Waals surface area contributed by atoms with Crippen LogP contribution in [0.25, 0.3) is 0 Å². The van der Waals surface area contributed by atoms with Crippen molar-refractivity contribution in [3.8, 4) is 6.07 Å². The second-order valence-electron chi connectivity index (χ2n) is 11.1. The highest BCUT2D eigenvalue weighted by atomic mass is 32.2. The zero-order valence-electron chi connectivity index (χ0n) is 21.5. The second-order valence-corrected chi connectivity index (χ2v) is 13.1. The van der Waals surface area contributed by atoms with Crippen LogP contribution in [-0.2, 0) is 21.7 Å². The van der Waals surface area contributed by atoms with Crippen molar-refractivity contribution < 1.29 is 18.8 Å². The van der Waals surface area contributed by atoms with Gasteiger partial charge in [0.15, 0.2) is 0 Å². The van der Waals surface area contributed by atoms with Crippen molar-refractivity contribution >= 4 is 23.0 Å². The van der Waals surface area contributed by atoms with Gasteiger partial charge in [0.05, 0.1) is 29.5 Å². The van der Waals surface area contributed by atoms with Crippen molar-refractivity contribution in [1.82, 2.24) is 10.0 Å². The first-order valence-electron chi connectivity index (χ1n) is 12.7. The third-order valence-corrected chi connectivity index (χ3v) is 8.72. The van der Waals surface area contributed by atoms with E-state index in [4.69, 9.17) is 0 Å². The molecule has 37 heavy (non-hydrogen) atoms. The number of nitriles is 1. The van der Waals surface area contributed by atoms with E-state index in [2.05, 4.69) is 21.4 Å². The first-order valence-corrected chi connectivity index (χ1v) is 13.9. The molecule has 1 amide bonds. The van der Waals surface area contributed by atoms with Gasteiger partial charge in [-0.1, -0.05) is 31.0 Å². The molecule has 1 heterocycles. The van der Waals surface area contributed by atoms with Crippen molar-refractivity contribution in [2.75, 3.05) is 11.9 Å². The second kappa shape index (κ2) is 11.1. The number of carbonyl (C=O) groups excluding carboxylic acids is 1. The zero-order chi connectivity index (χ0) is 26.8. The Hall–Kier alpha value is -2.48. The van der Waals surface area contributed by atoms with Gasteiger partial charge in [0, 0.05) is 17.9 Å². The van der Waals surface area contributed by atoms with Gasteiger partial charge in [-0.05, 0) is 81.3 Å². The fourth-order valence-corrected chi connectivity index (χ4v) is 5.60. The zero-order valence-corrected chi connectivity index (χ0v) is 22.3. The smallest absolute Gasteiger partial charge is 0.241 e. The van der Waals surface area contributed by atoms with Crippen LogP contribution in [0.4, 0.5) is 10.1 Å². The maximum atomic E-state index is 15.0. The first kappa shape index (κ1) is 27.6. The molecule has 4 rings (SSSR count). The summed E-state index contributed by atoms with van der Waals surface area (Å²) >= 11 is -1.49. The Morgan fingerprint density at radius 3 is 2.59 bits per heavy atom. The van der Waals surface area contributed by atoms with E-state index in [0.717, 1.165) is 24.8 Å². The average molecular weight is 527 g/mol. The van der Waals surface area contributed by atoms with E-state index in [1.54, 1.807) is 30.3 Å². The SMILES string of the molecule is CC(C)(C)[S@@+]([O-])N[C@](CCC1CC1)(c1cccc(C#N)c1)c1ccc(F)c(NC(=O)[C@H]2C[C@@H](O)CN2)c1. The van der Waals surface area contributed by atoms with Crippen molar-refractivity contribution in [3.05, 3.63) is 65.0 Å². The van der Waals surface area contributed by atoms with E-state index in [1.165, 1.54) is 6.07 Å². The monoisotopic (exact) mass is 526 g/mol. The highest BCUT2D eigenvalue weighted by molar-refractivity contribution is 7.90. The first-order chi connectivity index (χ1) is 17.5. The molecule has 0 aromatic heterocycles. The van der Waals surface area contributed by atoms with Gasteiger partial charge in [-0.2, -0.15) is 5.26 Å². The van der Waals surface area contributed by atoms with Gasteiger partial charge >= 0.3 is 0 Å². The van der Waals surface area contributed by atoms with Crippen LogP contribution in [0.3, 0.4) is 0 Å². The molecule has 1 saturated carbocycles. The molecule has 2 aromatic carbocycles. The molecule has 0 radical (unpaired) electrons. The number of aliphatic hydroxyl groups is 1. The van der Waals surface area contributed by atoms with Gasteiger partial charge in [0.1, 0.15) is 16.1 Å². The number of nitrogens with one attached hydrogen (secondary N) is 3. The lowest BCUT2D eigenvalue weighted by Gasteiger charge is -2.39. The summed E-state index contributed by atoms with van der Waals surface area (Å²) in [5.74, 6) is -0.439. The van der Waals surface area contributed by atoms with E-state index in [1.807, 2.05) is 26.8 Å². The number of hydrogen-bond acceptors (Lipinski definition) is 6. The van der Waals surface area contributed by atoms with E-state index < -0.39 is 45.5 Å². The minimum absolute atomic E-state index is 0.0151. The van der Waals surface area contributed by atoms with Gasteiger partial charge in [-0.3, -0.25) is 4.79 Å². The topological polar surface area (TPSA) is 120 Å².